The predicted octanol–water partition coefficient (Wildman–Crippen LogP) is -15.6. The van der Waals surface area contributed by atoms with E-state index < -0.39 is 40.2 Å². The van der Waals surface area contributed by atoms with Gasteiger partial charge in [-0.05, 0) is 0 Å². The van der Waals surface area contributed by atoms with Crippen LogP contribution in [-0.4, -0.2) is 0 Å². The second kappa shape index (κ2) is 9.29. The van der Waals surface area contributed by atoms with E-state index in [9.17, 15) is 0 Å². The second-order valence-electron chi connectivity index (χ2n) is 0.756. The van der Waals surface area contributed by atoms with Crippen molar-refractivity contribution in [1.82, 2.24) is 0 Å². The van der Waals surface area contributed by atoms with Crippen LogP contribution < -0.4 is 67.7 Å². The van der Waals surface area contributed by atoms with E-state index in [0.29, 0.717) is 0 Å². The molecule has 0 N–H and O–H groups in total. The number of halogens is 2. The van der Waals surface area contributed by atoms with Crippen molar-refractivity contribution in [2.75, 3.05) is 0 Å². The Morgan fingerprint density at radius 2 is 0.500 bits per heavy atom. The minimum Gasteiger partial charge on any atom is -2.00 e. The maximum absolute atomic E-state index is 8.62. The molecule has 0 bridgehead atoms. The zero-order valence-electron chi connectivity index (χ0n) is 4.78. The molecule has 0 fully saturated rings. The summed E-state index contributed by atoms with van der Waals surface area (Å²) in [4.78, 5) is 0. The maximum Gasteiger partial charge on any atom is 4.00 e. The van der Waals surface area contributed by atoms with Gasteiger partial charge in [-0.2, -0.15) is 0 Å². The van der Waals surface area contributed by atoms with Crippen molar-refractivity contribution in [3.05, 3.63) is 0 Å². The van der Waals surface area contributed by atoms with Crippen LogP contribution in [0.2, 0.25) is 0 Å². The van der Waals surface area contributed by atoms with Gasteiger partial charge in [-0.3, -0.25) is 27.5 Å². The van der Waals surface area contributed by atoms with Crippen molar-refractivity contribution >= 4 is 0 Å². The third kappa shape index (κ3) is 454. The van der Waals surface area contributed by atoms with Crippen LogP contribution in [-0.2, 0) is 25.0 Å². The average molecular weight is 499 g/mol. The summed E-state index contributed by atoms with van der Waals surface area (Å²) >= 11 is -11.9. The SMILES string of the molecule is [O-2].[O-][I+3]([O-])([O-])[O-].[O-][I+3]([O-])([O-])[O-].[Ru+4]. The minimum absolute atomic E-state index is 0. The Labute approximate surface area is 91.8 Å². The van der Waals surface area contributed by atoms with Crippen LogP contribution in [0.3, 0.4) is 0 Å². The van der Waals surface area contributed by atoms with Gasteiger partial charge in [0, 0.05) is 0 Å². The molecule has 0 aliphatic rings. The average Bonchev–Trinajstić information content (AvgIpc) is 1.12. The van der Waals surface area contributed by atoms with Crippen molar-refractivity contribution in [3.8, 4) is 0 Å². The minimum atomic E-state index is -5.94. The van der Waals surface area contributed by atoms with Gasteiger partial charge >= 0.3 is 19.5 Å². The largest absolute Gasteiger partial charge is 4.00 e. The summed E-state index contributed by atoms with van der Waals surface area (Å²) in [7, 11) is 0. The fourth-order valence-electron chi connectivity index (χ4n) is 0. The van der Waals surface area contributed by atoms with Gasteiger partial charge in [0.05, 0.1) is 0 Å². The van der Waals surface area contributed by atoms with E-state index >= 15 is 0 Å². The number of hydrogen-bond donors (Lipinski definition) is 0. The molecule has 0 atom stereocenters. The first-order chi connectivity index (χ1) is 4.00. The van der Waals surface area contributed by atoms with Crippen molar-refractivity contribution in [2.45, 2.75) is 0 Å². The predicted molar refractivity (Wildman–Crippen MR) is 0.686 cm³/mol. The quantitative estimate of drug-likeness (QED) is 0.230. The summed E-state index contributed by atoms with van der Waals surface area (Å²) in [6, 6.07) is 0. The van der Waals surface area contributed by atoms with Gasteiger partial charge in [-0.15, -0.1) is 0 Å². The van der Waals surface area contributed by atoms with Gasteiger partial charge in [0.2, 0.25) is 0 Å². The van der Waals surface area contributed by atoms with E-state index in [0.717, 1.165) is 0 Å². The van der Waals surface area contributed by atoms with Gasteiger partial charge in [-0.25, -0.2) is 0 Å². The van der Waals surface area contributed by atoms with Crippen molar-refractivity contribution in [2.24, 2.45) is 0 Å². The summed E-state index contributed by atoms with van der Waals surface area (Å²) in [5, 5.41) is 0. The molecule has 76 valence electrons. The van der Waals surface area contributed by atoms with Crippen LogP contribution in [0.15, 0.2) is 0 Å². The van der Waals surface area contributed by atoms with Crippen molar-refractivity contribution < 1.29 is 92.6 Å². The van der Waals surface area contributed by atoms with Crippen LogP contribution in [0.5, 0.6) is 0 Å². The summed E-state index contributed by atoms with van der Waals surface area (Å²) in [6.07, 6.45) is 0. The Kier molecular flexibility index (Phi) is 18.2. The summed E-state index contributed by atoms with van der Waals surface area (Å²) < 4.78 is 68.9. The molecule has 12 heavy (non-hydrogen) atoms. The maximum atomic E-state index is 8.62. The van der Waals surface area contributed by atoms with Crippen LogP contribution in [0, 0.1) is 0 Å². The van der Waals surface area contributed by atoms with E-state index in [1.165, 1.54) is 0 Å². The molecule has 0 amide bonds. The first-order valence-corrected chi connectivity index (χ1v) is 8.28. The standard InChI is InChI=1S/2IO4.O.Ru/c2*2-1(3,4)5;;/q2*-1;-2;+4. The molecule has 0 rings (SSSR count). The van der Waals surface area contributed by atoms with E-state index in [-0.39, 0.29) is 25.0 Å². The zero-order valence-corrected chi connectivity index (χ0v) is 10.8. The van der Waals surface area contributed by atoms with Crippen LogP contribution >= 0.6 is 0 Å². The molecule has 12 heteroatoms. The third-order valence-corrected chi connectivity index (χ3v) is 0. The summed E-state index contributed by atoms with van der Waals surface area (Å²) in [5.74, 6) is 0. The molecule has 9 nitrogen and oxygen atoms in total. The number of hydrogen-bond acceptors (Lipinski definition) is 8. The fraction of sp³-hybridized carbons (Fsp3) is 0. The molecule has 0 aromatic heterocycles. The van der Waals surface area contributed by atoms with Crippen LogP contribution in [0.25, 0.3) is 0 Å². The molecule has 0 aliphatic carbocycles. The molecular formula is I2O9Ru. The summed E-state index contributed by atoms with van der Waals surface area (Å²) in [6.45, 7) is 0. The van der Waals surface area contributed by atoms with Gasteiger partial charge in [-0.1, -0.05) is 0 Å². The van der Waals surface area contributed by atoms with Gasteiger partial charge < -0.3 is 5.48 Å². The summed E-state index contributed by atoms with van der Waals surface area (Å²) in [5.41, 5.74) is 0. The molecule has 0 heterocycles. The Balaban J connectivity index is -0.0000000457. The first-order valence-electron chi connectivity index (χ1n) is 1.23. The van der Waals surface area contributed by atoms with Gasteiger partial charge in [0.25, 0.3) is 0 Å². The fourth-order valence-corrected chi connectivity index (χ4v) is 0. The van der Waals surface area contributed by atoms with Crippen LogP contribution in [0.4, 0.5) is 0 Å². The Bertz CT molecular complexity index is 55.5. The zero-order chi connectivity index (χ0) is 9.00. The Morgan fingerprint density at radius 1 is 0.500 bits per heavy atom. The van der Waals surface area contributed by atoms with Crippen LogP contribution in [0.1, 0.15) is 0 Å². The molecule has 0 unspecified atom stereocenters. The first kappa shape index (κ1) is 23.5. The third-order valence-electron chi connectivity index (χ3n) is 0. The van der Waals surface area contributed by atoms with E-state index in [1.807, 2.05) is 0 Å². The molecule has 0 aliphatic heterocycles. The van der Waals surface area contributed by atoms with E-state index in [1.54, 1.807) is 0 Å². The normalized spacial score (nSPS) is 10.0. The molecule has 0 aromatic rings. The van der Waals surface area contributed by atoms with Crippen molar-refractivity contribution in [1.29, 1.82) is 0 Å². The van der Waals surface area contributed by atoms with Crippen molar-refractivity contribution in [3.63, 3.8) is 0 Å². The molecule has 0 spiro atoms. The molecule has 0 aromatic carbocycles. The van der Waals surface area contributed by atoms with Gasteiger partial charge in [0.1, 0.15) is 40.2 Å². The molecule has 0 saturated carbocycles. The Hall–Kier alpha value is 1.72. The molecule has 0 saturated heterocycles. The number of rotatable bonds is 0. The van der Waals surface area contributed by atoms with Gasteiger partial charge in [0.15, 0.2) is 0 Å². The van der Waals surface area contributed by atoms with E-state index in [2.05, 4.69) is 0 Å². The monoisotopic (exact) mass is 500 g/mol. The smallest absolute Gasteiger partial charge is 2.00 e. The second-order valence-corrected chi connectivity index (χ2v) is 5.07. The Morgan fingerprint density at radius 3 is 0.500 bits per heavy atom. The molecule has 0 radical (unpaired) electrons. The van der Waals surface area contributed by atoms with E-state index in [4.69, 9.17) is 27.5 Å². The molecular weight excluding hydrogens is 499 g/mol. The topological polar surface area (TPSA) is 213 Å².